The Bertz CT molecular complexity index is 881. The second-order valence-electron chi connectivity index (χ2n) is 8.03. The number of rotatable bonds is 7. The first-order chi connectivity index (χ1) is 13.4. The Morgan fingerprint density at radius 1 is 0.786 bits per heavy atom. The van der Waals surface area contributed by atoms with Crippen LogP contribution in [0.25, 0.3) is 0 Å². The Kier molecular flexibility index (Phi) is 6.39. The molecule has 0 aliphatic carbocycles. The molecule has 0 fully saturated rings. The van der Waals surface area contributed by atoms with Crippen LogP contribution in [0.2, 0.25) is 18.6 Å². The van der Waals surface area contributed by atoms with Crippen LogP contribution in [0.15, 0.2) is 91.0 Å². The Labute approximate surface area is 169 Å². The van der Waals surface area contributed by atoms with E-state index in [0.29, 0.717) is 6.16 Å². The summed E-state index contributed by atoms with van der Waals surface area (Å²) in [6.45, 7) is 6.41. The zero-order valence-electron chi connectivity index (χ0n) is 16.8. The summed E-state index contributed by atoms with van der Waals surface area (Å²) in [4.78, 5) is 0. The van der Waals surface area contributed by atoms with E-state index in [1.807, 2.05) is 73.7 Å². The van der Waals surface area contributed by atoms with Crippen molar-refractivity contribution in [2.75, 3.05) is 6.16 Å². The molecule has 1 N–H and O–H groups in total. The molecule has 0 aromatic heterocycles. The first kappa shape index (κ1) is 20.8. The fraction of sp³-hybridized carbons (Fsp3) is 0.250. The first-order valence-corrected chi connectivity index (χ1v) is 14.8. The Morgan fingerprint density at radius 3 is 1.57 bits per heavy atom. The van der Waals surface area contributed by atoms with Crippen LogP contribution in [-0.4, -0.2) is 25.4 Å². The highest BCUT2D eigenvalue weighted by atomic mass is 31.2. The van der Waals surface area contributed by atoms with Crippen molar-refractivity contribution in [1.82, 2.24) is 0 Å². The van der Waals surface area contributed by atoms with Crippen LogP contribution < -0.4 is 15.8 Å². The summed E-state index contributed by atoms with van der Waals surface area (Å²) in [6.07, 6.45) is -0.0464. The fourth-order valence-corrected chi connectivity index (χ4v) is 12.2. The lowest BCUT2D eigenvalue weighted by molar-refractivity contribution is 0.189. The monoisotopic (exact) mass is 408 g/mol. The van der Waals surface area contributed by atoms with Crippen LogP contribution in [0.3, 0.4) is 0 Å². The Hall–Kier alpha value is -1.93. The van der Waals surface area contributed by atoms with Crippen molar-refractivity contribution < 1.29 is 9.67 Å². The van der Waals surface area contributed by atoms with Crippen LogP contribution >= 0.6 is 7.14 Å². The van der Waals surface area contributed by atoms with E-state index in [2.05, 4.69) is 37.4 Å². The predicted octanol–water partition coefficient (Wildman–Crippen LogP) is 4.37. The Morgan fingerprint density at radius 2 is 1.18 bits per heavy atom. The highest BCUT2D eigenvalue weighted by Gasteiger charge is 2.42. The largest absolute Gasteiger partial charge is 0.393 e. The molecule has 0 unspecified atom stereocenters. The molecule has 3 aromatic carbocycles. The molecule has 0 radical (unpaired) electrons. The summed E-state index contributed by atoms with van der Waals surface area (Å²) in [5.74, 6) is 0. The minimum Gasteiger partial charge on any atom is -0.393 e. The van der Waals surface area contributed by atoms with Crippen molar-refractivity contribution >= 4 is 31.0 Å². The number of aliphatic hydroxyl groups is 1. The van der Waals surface area contributed by atoms with E-state index in [-0.39, 0.29) is 5.54 Å². The molecule has 0 saturated carbocycles. The van der Waals surface area contributed by atoms with Gasteiger partial charge in [0.25, 0.3) is 0 Å². The second kappa shape index (κ2) is 8.61. The second-order valence-corrected chi connectivity index (χ2v) is 15.7. The quantitative estimate of drug-likeness (QED) is 0.466. The normalized spacial score (nSPS) is 14.4. The topological polar surface area (TPSA) is 37.3 Å². The molecule has 146 valence electrons. The summed E-state index contributed by atoms with van der Waals surface area (Å²) >= 11 is 0. The minimum atomic E-state index is -2.88. The molecule has 0 spiro atoms. The molecule has 2 atom stereocenters. The van der Waals surface area contributed by atoms with Crippen molar-refractivity contribution in [2.24, 2.45) is 0 Å². The van der Waals surface area contributed by atoms with Crippen LogP contribution in [0, 0.1) is 0 Å². The standard InChI is InChI=1S/C24H29O2PSi/c1-20(25)24(28(2,3)23-17-11-6-12-18-23)19-27(26,21-13-7-4-8-14-21)22-15-9-5-10-16-22/h4-18,20,24-25H,19H2,1-3H3/t20-,24+/m0/s1. The van der Waals surface area contributed by atoms with Gasteiger partial charge < -0.3 is 9.67 Å². The number of aliphatic hydroxyl groups excluding tert-OH is 1. The summed E-state index contributed by atoms with van der Waals surface area (Å²) in [6, 6.07) is 30.0. The van der Waals surface area contributed by atoms with Gasteiger partial charge in [0.1, 0.15) is 7.14 Å². The zero-order valence-corrected chi connectivity index (χ0v) is 18.7. The Balaban J connectivity index is 2.09. The van der Waals surface area contributed by atoms with Crippen LogP contribution in [0.4, 0.5) is 0 Å². The highest BCUT2D eigenvalue weighted by Crippen LogP contribution is 2.49. The van der Waals surface area contributed by atoms with Gasteiger partial charge >= 0.3 is 0 Å². The smallest absolute Gasteiger partial charge is 0.143 e. The lowest BCUT2D eigenvalue weighted by Gasteiger charge is -2.37. The molecule has 4 heteroatoms. The fourth-order valence-electron chi connectivity index (χ4n) is 4.04. The molecule has 2 nitrogen and oxygen atoms in total. The number of hydrogen-bond donors (Lipinski definition) is 1. The van der Waals surface area contributed by atoms with E-state index >= 15 is 0 Å². The highest BCUT2D eigenvalue weighted by molar-refractivity contribution is 7.78. The van der Waals surface area contributed by atoms with Gasteiger partial charge in [0, 0.05) is 16.8 Å². The zero-order chi connectivity index (χ0) is 20.2. The van der Waals surface area contributed by atoms with Gasteiger partial charge in [-0.1, -0.05) is 109 Å². The average molecular weight is 409 g/mol. The maximum Gasteiger partial charge on any atom is 0.143 e. The molecule has 0 bridgehead atoms. The van der Waals surface area contributed by atoms with Gasteiger partial charge in [-0.25, -0.2) is 0 Å². The van der Waals surface area contributed by atoms with Crippen molar-refractivity contribution in [3.05, 3.63) is 91.0 Å². The van der Waals surface area contributed by atoms with E-state index < -0.39 is 21.3 Å². The molecule has 0 heterocycles. The minimum absolute atomic E-state index is 0.0267. The van der Waals surface area contributed by atoms with E-state index in [4.69, 9.17) is 0 Å². The maximum absolute atomic E-state index is 14.5. The van der Waals surface area contributed by atoms with Gasteiger partial charge in [0.2, 0.25) is 0 Å². The SMILES string of the molecule is C[C@H](O)[C@@H](CP(=O)(c1ccccc1)c1ccccc1)[Si](C)(C)c1ccccc1. The van der Waals surface area contributed by atoms with Gasteiger partial charge in [-0.15, -0.1) is 0 Å². The molecule has 28 heavy (non-hydrogen) atoms. The number of hydrogen-bond acceptors (Lipinski definition) is 2. The van der Waals surface area contributed by atoms with E-state index in [9.17, 15) is 9.67 Å². The molecule has 3 aromatic rings. The van der Waals surface area contributed by atoms with Gasteiger partial charge in [0.15, 0.2) is 0 Å². The first-order valence-electron chi connectivity index (χ1n) is 9.79. The molecule has 0 aliphatic heterocycles. The van der Waals surface area contributed by atoms with E-state index in [0.717, 1.165) is 10.6 Å². The molecule has 0 aliphatic rings. The van der Waals surface area contributed by atoms with Crippen LogP contribution in [0.5, 0.6) is 0 Å². The van der Waals surface area contributed by atoms with Crippen molar-refractivity contribution in [3.8, 4) is 0 Å². The van der Waals surface area contributed by atoms with E-state index in [1.54, 1.807) is 0 Å². The van der Waals surface area contributed by atoms with Gasteiger partial charge in [-0.2, -0.15) is 0 Å². The molecule has 3 rings (SSSR count). The lowest BCUT2D eigenvalue weighted by atomic mass is 10.3. The van der Waals surface area contributed by atoms with Crippen LogP contribution in [0.1, 0.15) is 6.92 Å². The molecular formula is C24H29O2PSi. The lowest BCUT2D eigenvalue weighted by Crippen LogP contribution is -2.51. The van der Waals surface area contributed by atoms with Gasteiger partial charge in [-0.3, -0.25) is 0 Å². The molecular weight excluding hydrogens is 379 g/mol. The van der Waals surface area contributed by atoms with Gasteiger partial charge in [0.05, 0.1) is 14.2 Å². The van der Waals surface area contributed by atoms with Crippen molar-refractivity contribution in [2.45, 2.75) is 31.7 Å². The summed E-state index contributed by atoms with van der Waals surface area (Å²) in [5, 5.41) is 13.8. The van der Waals surface area contributed by atoms with Crippen molar-refractivity contribution in [1.29, 1.82) is 0 Å². The molecule has 0 amide bonds. The summed E-state index contributed by atoms with van der Waals surface area (Å²) < 4.78 is 14.5. The predicted molar refractivity (Wildman–Crippen MR) is 124 cm³/mol. The van der Waals surface area contributed by atoms with E-state index in [1.165, 1.54) is 5.19 Å². The number of benzene rings is 3. The third-order valence-corrected chi connectivity index (χ3v) is 13.7. The average Bonchev–Trinajstić information content (AvgIpc) is 2.73. The van der Waals surface area contributed by atoms with Crippen LogP contribution in [-0.2, 0) is 4.57 Å². The summed E-state index contributed by atoms with van der Waals surface area (Å²) in [7, 11) is -4.95. The third kappa shape index (κ3) is 4.22. The molecule has 0 saturated heterocycles. The third-order valence-electron chi connectivity index (χ3n) is 5.83. The van der Waals surface area contributed by atoms with Crippen molar-refractivity contribution in [3.63, 3.8) is 0 Å². The van der Waals surface area contributed by atoms with Gasteiger partial charge in [-0.05, 0) is 12.5 Å². The summed E-state index contributed by atoms with van der Waals surface area (Å²) in [5.41, 5.74) is -0.0267. The maximum atomic E-state index is 14.5.